The number of aryl methyl sites for hydroxylation is 1. The quantitative estimate of drug-likeness (QED) is 0.747. The number of H-pyrrole nitrogens is 1. The number of rotatable bonds is 3. The number of hydrogen-bond donors (Lipinski definition) is 2. The number of fused-ring (bicyclic) bond motifs is 1. The molecule has 0 saturated heterocycles. The fourth-order valence-corrected chi connectivity index (χ4v) is 2.89. The van der Waals surface area contributed by atoms with E-state index in [1.807, 2.05) is 31.2 Å². The zero-order chi connectivity index (χ0) is 14.1. The van der Waals surface area contributed by atoms with E-state index in [0.717, 1.165) is 22.2 Å². The molecule has 2 aromatic carbocycles. The molecule has 1 heterocycles. The van der Waals surface area contributed by atoms with E-state index in [4.69, 9.17) is 5.73 Å². The van der Waals surface area contributed by atoms with Gasteiger partial charge in [0.25, 0.3) is 0 Å². The second-order valence-corrected chi connectivity index (χ2v) is 5.03. The Morgan fingerprint density at radius 3 is 2.55 bits per heavy atom. The predicted molar refractivity (Wildman–Crippen MR) is 80.3 cm³/mol. The molecule has 2 nitrogen and oxygen atoms in total. The second-order valence-electron chi connectivity index (χ2n) is 5.03. The molecule has 1 unspecified atom stereocenters. The van der Waals surface area contributed by atoms with Gasteiger partial charge in [0, 0.05) is 23.5 Å². The van der Waals surface area contributed by atoms with Crippen LogP contribution in [0.5, 0.6) is 0 Å². The maximum Gasteiger partial charge on any atom is 0.147 e. The maximum atomic E-state index is 13.9. The normalized spacial score (nSPS) is 12.8. The van der Waals surface area contributed by atoms with Crippen LogP contribution >= 0.6 is 0 Å². The summed E-state index contributed by atoms with van der Waals surface area (Å²) in [4.78, 5) is 3.15. The van der Waals surface area contributed by atoms with Crippen LogP contribution in [-0.2, 0) is 0 Å². The Kier molecular flexibility index (Phi) is 3.28. The number of nitrogens with one attached hydrogen (secondary N) is 1. The number of halogens is 1. The average molecular weight is 268 g/mol. The molecule has 3 N–H and O–H groups in total. The molecule has 3 rings (SSSR count). The molecule has 0 aliphatic rings. The zero-order valence-corrected chi connectivity index (χ0v) is 11.4. The molecule has 3 aromatic rings. The van der Waals surface area contributed by atoms with Crippen LogP contribution in [0.4, 0.5) is 4.39 Å². The summed E-state index contributed by atoms with van der Waals surface area (Å²) in [5, 5.41) is 0.918. The van der Waals surface area contributed by atoms with Crippen molar-refractivity contribution < 1.29 is 4.39 Å². The van der Waals surface area contributed by atoms with Gasteiger partial charge < -0.3 is 10.7 Å². The van der Waals surface area contributed by atoms with Crippen molar-refractivity contribution in [3.05, 3.63) is 71.2 Å². The molecule has 0 radical (unpaired) electrons. The van der Waals surface area contributed by atoms with Crippen LogP contribution in [0.3, 0.4) is 0 Å². The van der Waals surface area contributed by atoms with Crippen LogP contribution in [0.25, 0.3) is 10.9 Å². The lowest BCUT2D eigenvalue weighted by Crippen LogP contribution is -2.14. The summed E-state index contributed by atoms with van der Waals surface area (Å²) in [5.74, 6) is -0.146. The van der Waals surface area contributed by atoms with Gasteiger partial charge >= 0.3 is 0 Å². The largest absolute Gasteiger partial charge is 0.356 e. The molecule has 3 heteroatoms. The summed E-state index contributed by atoms with van der Waals surface area (Å²) in [6, 6.07) is 15.3. The predicted octanol–water partition coefficient (Wildman–Crippen LogP) is 3.71. The van der Waals surface area contributed by atoms with Crippen molar-refractivity contribution in [2.24, 2.45) is 5.73 Å². The fraction of sp³-hybridized carbons (Fsp3) is 0.176. The van der Waals surface area contributed by atoms with Crippen LogP contribution < -0.4 is 5.73 Å². The van der Waals surface area contributed by atoms with E-state index >= 15 is 0 Å². The van der Waals surface area contributed by atoms with E-state index in [0.29, 0.717) is 12.1 Å². The van der Waals surface area contributed by atoms with E-state index in [9.17, 15) is 4.39 Å². The van der Waals surface area contributed by atoms with E-state index in [1.54, 1.807) is 6.07 Å². The van der Waals surface area contributed by atoms with Gasteiger partial charge in [0.1, 0.15) is 5.82 Å². The van der Waals surface area contributed by atoms with Crippen LogP contribution in [0.2, 0.25) is 0 Å². The van der Waals surface area contributed by atoms with Gasteiger partial charge in [0.05, 0.1) is 5.52 Å². The summed E-state index contributed by atoms with van der Waals surface area (Å²) in [6.07, 6.45) is 0. The first kappa shape index (κ1) is 12.9. The molecule has 0 spiro atoms. The van der Waals surface area contributed by atoms with Gasteiger partial charge in [0.15, 0.2) is 0 Å². The van der Waals surface area contributed by atoms with Crippen molar-refractivity contribution in [2.75, 3.05) is 6.54 Å². The monoisotopic (exact) mass is 268 g/mol. The lowest BCUT2D eigenvalue weighted by Gasteiger charge is -2.16. The lowest BCUT2D eigenvalue weighted by molar-refractivity contribution is 0.637. The minimum atomic E-state index is -0.222. The summed E-state index contributed by atoms with van der Waals surface area (Å²) in [5.41, 5.74) is 9.77. The topological polar surface area (TPSA) is 41.8 Å². The first-order valence-corrected chi connectivity index (χ1v) is 6.74. The SMILES string of the molecule is Cc1[nH]c2c(F)cccc2c1C(CN)c1ccccc1. The van der Waals surface area contributed by atoms with Crippen LogP contribution in [-0.4, -0.2) is 11.5 Å². The third kappa shape index (κ3) is 2.00. The molecular weight excluding hydrogens is 251 g/mol. The standard InChI is InChI=1S/C17H17FN2/c1-11-16(13-8-5-9-15(18)17(13)20-11)14(10-19)12-6-3-2-4-7-12/h2-9,14,20H,10,19H2,1H3. The number of hydrogen-bond acceptors (Lipinski definition) is 1. The molecule has 0 amide bonds. The van der Waals surface area contributed by atoms with E-state index in [1.165, 1.54) is 6.07 Å². The van der Waals surface area contributed by atoms with Crippen molar-refractivity contribution in [1.29, 1.82) is 0 Å². The maximum absolute atomic E-state index is 13.9. The minimum Gasteiger partial charge on any atom is -0.356 e. The van der Waals surface area contributed by atoms with Gasteiger partial charge in [-0.2, -0.15) is 0 Å². The summed E-state index contributed by atoms with van der Waals surface area (Å²) in [6.45, 7) is 2.47. The highest BCUT2D eigenvalue weighted by Gasteiger charge is 2.20. The number of nitrogens with two attached hydrogens (primary N) is 1. The lowest BCUT2D eigenvalue weighted by atomic mass is 9.89. The Hall–Kier alpha value is -2.13. The highest BCUT2D eigenvalue weighted by Crippen LogP contribution is 2.33. The van der Waals surface area contributed by atoms with Crippen molar-refractivity contribution >= 4 is 10.9 Å². The van der Waals surface area contributed by atoms with Gasteiger partial charge in [0.2, 0.25) is 0 Å². The highest BCUT2D eigenvalue weighted by molar-refractivity contribution is 5.86. The van der Waals surface area contributed by atoms with Crippen LogP contribution in [0.1, 0.15) is 22.7 Å². The molecule has 1 atom stereocenters. The molecule has 102 valence electrons. The van der Waals surface area contributed by atoms with Gasteiger partial charge in [-0.3, -0.25) is 0 Å². The Labute approximate surface area is 117 Å². The number of benzene rings is 2. The molecule has 0 aliphatic heterocycles. The summed E-state index contributed by atoms with van der Waals surface area (Å²) >= 11 is 0. The smallest absolute Gasteiger partial charge is 0.147 e. The van der Waals surface area contributed by atoms with Crippen LogP contribution in [0, 0.1) is 12.7 Å². The summed E-state index contributed by atoms with van der Waals surface area (Å²) in [7, 11) is 0. The number of aromatic nitrogens is 1. The van der Waals surface area contributed by atoms with Crippen molar-refractivity contribution in [3.8, 4) is 0 Å². The Balaban J connectivity index is 2.22. The Bertz CT molecular complexity index is 731. The van der Waals surface area contributed by atoms with Gasteiger partial charge in [-0.25, -0.2) is 4.39 Å². The molecule has 1 aromatic heterocycles. The molecule has 20 heavy (non-hydrogen) atoms. The average Bonchev–Trinajstić information content (AvgIpc) is 2.80. The molecular formula is C17H17FN2. The van der Waals surface area contributed by atoms with Gasteiger partial charge in [-0.15, -0.1) is 0 Å². The minimum absolute atomic E-state index is 0.0757. The zero-order valence-electron chi connectivity index (χ0n) is 11.4. The number of aromatic amines is 1. The summed E-state index contributed by atoms with van der Waals surface area (Å²) < 4.78 is 13.9. The number of para-hydroxylation sites is 1. The van der Waals surface area contributed by atoms with Crippen molar-refractivity contribution in [3.63, 3.8) is 0 Å². The second kappa shape index (κ2) is 5.10. The first-order chi connectivity index (χ1) is 9.72. The third-order valence-corrected chi connectivity index (χ3v) is 3.81. The van der Waals surface area contributed by atoms with Crippen LogP contribution in [0.15, 0.2) is 48.5 Å². The molecule has 0 aliphatic carbocycles. The van der Waals surface area contributed by atoms with Gasteiger partial charge in [-0.05, 0) is 24.1 Å². The Morgan fingerprint density at radius 2 is 1.85 bits per heavy atom. The van der Waals surface area contributed by atoms with E-state index in [-0.39, 0.29) is 11.7 Å². The first-order valence-electron chi connectivity index (χ1n) is 6.74. The fourth-order valence-electron chi connectivity index (χ4n) is 2.89. The van der Waals surface area contributed by atoms with Crippen molar-refractivity contribution in [1.82, 2.24) is 4.98 Å². The van der Waals surface area contributed by atoms with Crippen molar-refractivity contribution in [2.45, 2.75) is 12.8 Å². The highest BCUT2D eigenvalue weighted by atomic mass is 19.1. The van der Waals surface area contributed by atoms with E-state index in [2.05, 4.69) is 17.1 Å². The third-order valence-electron chi connectivity index (χ3n) is 3.81. The Morgan fingerprint density at radius 1 is 1.10 bits per heavy atom. The van der Waals surface area contributed by atoms with Gasteiger partial charge in [-0.1, -0.05) is 42.5 Å². The molecule has 0 fully saturated rings. The van der Waals surface area contributed by atoms with E-state index < -0.39 is 0 Å². The molecule has 0 bridgehead atoms. The molecule has 0 saturated carbocycles.